The van der Waals surface area contributed by atoms with Gasteiger partial charge in [-0.15, -0.1) is 0 Å². The molecule has 0 radical (unpaired) electrons. The maximum atomic E-state index is 13.6. The highest BCUT2D eigenvalue weighted by Crippen LogP contribution is 2.30. The van der Waals surface area contributed by atoms with Crippen LogP contribution in [0.25, 0.3) is 0 Å². The maximum absolute atomic E-state index is 13.6. The number of nitrogens with zero attached hydrogens (tertiary/aromatic N) is 3. The summed E-state index contributed by atoms with van der Waals surface area (Å²) >= 11 is 6.04. The zero-order valence-corrected chi connectivity index (χ0v) is 14.7. The molecule has 1 fully saturated rings. The molecule has 128 valence electrons. The highest BCUT2D eigenvalue weighted by atomic mass is 35.5. The smallest absolute Gasteiger partial charge is 0.410 e. The number of pyridine rings is 1. The van der Waals surface area contributed by atoms with E-state index in [2.05, 4.69) is 4.98 Å². The summed E-state index contributed by atoms with van der Waals surface area (Å²) in [5, 5.41) is 0.0700. The lowest BCUT2D eigenvalue weighted by Crippen LogP contribution is -2.50. The zero-order chi connectivity index (χ0) is 17.2. The van der Waals surface area contributed by atoms with E-state index < -0.39 is 11.4 Å². The van der Waals surface area contributed by atoms with Crippen LogP contribution in [-0.2, 0) is 4.74 Å². The second kappa shape index (κ2) is 6.91. The lowest BCUT2D eigenvalue weighted by molar-refractivity contribution is 0.0210. The van der Waals surface area contributed by atoms with Crippen molar-refractivity contribution in [2.24, 2.45) is 0 Å². The van der Waals surface area contributed by atoms with Crippen LogP contribution in [0.2, 0.25) is 5.02 Å². The molecule has 0 N–H and O–H groups in total. The van der Waals surface area contributed by atoms with Crippen LogP contribution in [0.1, 0.15) is 33.6 Å². The van der Waals surface area contributed by atoms with Crippen molar-refractivity contribution in [3.05, 3.63) is 23.2 Å². The number of amides is 1. The van der Waals surface area contributed by atoms with Gasteiger partial charge in [-0.1, -0.05) is 11.6 Å². The van der Waals surface area contributed by atoms with Gasteiger partial charge in [-0.3, -0.25) is 4.98 Å². The van der Waals surface area contributed by atoms with Crippen molar-refractivity contribution in [2.75, 3.05) is 25.0 Å². The van der Waals surface area contributed by atoms with Crippen LogP contribution in [0.4, 0.5) is 14.9 Å². The minimum Gasteiger partial charge on any atom is -0.444 e. The van der Waals surface area contributed by atoms with E-state index in [4.69, 9.17) is 16.3 Å². The molecule has 1 aliphatic rings. The second-order valence-corrected chi connectivity index (χ2v) is 7.17. The molecule has 1 aliphatic heterocycles. The highest BCUT2D eigenvalue weighted by molar-refractivity contribution is 6.33. The normalized spacial score (nSPS) is 18.7. The number of hydrogen-bond donors (Lipinski definition) is 0. The summed E-state index contributed by atoms with van der Waals surface area (Å²) in [5.41, 5.74) is 0.0316. The van der Waals surface area contributed by atoms with E-state index in [9.17, 15) is 9.18 Å². The molecule has 0 aromatic carbocycles. The third kappa shape index (κ3) is 4.47. The lowest BCUT2D eigenvalue weighted by atomic mass is 10.0. The van der Waals surface area contributed by atoms with Crippen molar-refractivity contribution in [1.29, 1.82) is 0 Å². The molecule has 0 saturated carbocycles. The van der Waals surface area contributed by atoms with Gasteiger partial charge in [0.2, 0.25) is 0 Å². The van der Waals surface area contributed by atoms with Gasteiger partial charge in [0, 0.05) is 20.1 Å². The first kappa shape index (κ1) is 17.8. The topological polar surface area (TPSA) is 45.7 Å². The van der Waals surface area contributed by atoms with Gasteiger partial charge in [0.15, 0.2) is 5.82 Å². The van der Waals surface area contributed by atoms with Crippen LogP contribution in [-0.4, -0.2) is 47.8 Å². The van der Waals surface area contributed by atoms with Gasteiger partial charge in [-0.05, 0) is 33.6 Å². The van der Waals surface area contributed by atoms with Gasteiger partial charge in [0.05, 0.1) is 24.1 Å². The number of carbonyl (C=O) groups excluding carboxylic acids is 1. The molecule has 1 amide bonds. The van der Waals surface area contributed by atoms with Crippen molar-refractivity contribution >= 4 is 23.4 Å². The molecule has 1 saturated heterocycles. The zero-order valence-electron chi connectivity index (χ0n) is 14.0. The fourth-order valence-corrected chi connectivity index (χ4v) is 2.82. The predicted octanol–water partition coefficient (Wildman–Crippen LogP) is 3.71. The maximum Gasteiger partial charge on any atom is 0.410 e. The fraction of sp³-hybridized carbons (Fsp3) is 0.625. The van der Waals surface area contributed by atoms with Crippen molar-refractivity contribution in [2.45, 2.75) is 45.3 Å². The van der Waals surface area contributed by atoms with E-state index in [0.29, 0.717) is 12.2 Å². The molecule has 2 rings (SSSR count). The summed E-state index contributed by atoms with van der Waals surface area (Å²) in [5.74, 6) is -0.535. The minimum absolute atomic E-state index is 0.0158. The van der Waals surface area contributed by atoms with Crippen molar-refractivity contribution in [1.82, 2.24) is 9.88 Å². The van der Waals surface area contributed by atoms with Crippen LogP contribution in [0.3, 0.4) is 0 Å². The van der Waals surface area contributed by atoms with Crippen LogP contribution in [0.15, 0.2) is 12.4 Å². The molecule has 0 spiro atoms. The Balaban J connectivity index is 2.08. The molecule has 1 atom stereocenters. The Bertz CT molecular complexity index is 577. The molecule has 7 heteroatoms. The van der Waals surface area contributed by atoms with Gasteiger partial charge in [-0.25, -0.2) is 9.18 Å². The summed E-state index contributed by atoms with van der Waals surface area (Å²) < 4.78 is 19.0. The minimum atomic E-state index is -0.535. The fourth-order valence-electron chi connectivity index (χ4n) is 2.60. The van der Waals surface area contributed by atoms with E-state index in [0.717, 1.165) is 25.6 Å². The SMILES string of the molecule is CN(C(=O)OC(C)(C)C)[C@@H]1CCCN(c2cncc(F)c2Cl)C1. The monoisotopic (exact) mass is 343 g/mol. The number of carbonyl (C=O) groups is 1. The predicted molar refractivity (Wildman–Crippen MR) is 88.4 cm³/mol. The molecule has 1 aromatic rings. The largest absolute Gasteiger partial charge is 0.444 e. The first-order valence-corrected chi connectivity index (χ1v) is 8.06. The average molecular weight is 344 g/mol. The third-order valence-corrected chi connectivity index (χ3v) is 4.16. The van der Waals surface area contributed by atoms with Crippen LogP contribution in [0.5, 0.6) is 0 Å². The molecule has 0 aliphatic carbocycles. The number of likely N-dealkylation sites (N-methyl/N-ethyl adjacent to an activating group) is 1. The summed E-state index contributed by atoms with van der Waals surface area (Å²) in [7, 11) is 1.73. The molecule has 0 bridgehead atoms. The van der Waals surface area contributed by atoms with E-state index in [1.54, 1.807) is 18.1 Å². The van der Waals surface area contributed by atoms with E-state index in [-0.39, 0.29) is 17.2 Å². The molecule has 2 heterocycles. The summed E-state index contributed by atoms with van der Waals surface area (Å²) in [6.07, 6.45) is 4.05. The van der Waals surface area contributed by atoms with Crippen LogP contribution in [0, 0.1) is 5.82 Å². The third-order valence-electron chi connectivity index (χ3n) is 3.79. The Morgan fingerprint density at radius 1 is 1.48 bits per heavy atom. The van der Waals surface area contributed by atoms with E-state index in [1.165, 1.54) is 0 Å². The number of piperidine rings is 1. The van der Waals surface area contributed by atoms with Gasteiger partial charge in [-0.2, -0.15) is 0 Å². The molecular formula is C16H23ClFN3O2. The van der Waals surface area contributed by atoms with Crippen LogP contribution >= 0.6 is 11.6 Å². The van der Waals surface area contributed by atoms with Gasteiger partial charge in [0.25, 0.3) is 0 Å². The molecule has 1 aromatic heterocycles. The number of hydrogen-bond acceptors (Lipinski definition) is 4. The average Bonchev–Trinajstić information content (AvgIpc) is 2.47. The highest BCUT2D eigenvalue weighted by Gasteiger charge is 2.30. The van der Waals surface area contributed by atoms with E-state index >= 15 is 0 Å². The molecule has 0 unspecified atom stereocenters. The van der Waals surface area contributed by atoms with Crippen molar-refractivity contribution < 1.29 is 13.9 Å². The standard InChI is InChI=1S/C16H23ClFN3O2/c1-16(2,3)23-15(22)20(4)11-6-5-7-21(10-11)13-9-19-8-12(18)14(13)17/h8-9,11H,5-7,10H2,1-4H3/t11-/m1/s1. The first-order chi connectivity index (χ1) is 10.7. The molecular weight excluding hydrogens is 321 g/mol. The number of ether oxygens (including phenoxy) is 1. The first-order valence-electron chi connectivity index (χ1n) is 7.69. The van der Waals surface area contributed by atoms with Crippen molar-refractivity contribution in [3.8, 4) is 0 Å². The Hall–Kier alpha value is -1.56. The Morgan fingerprint density at radius 3 is 2.83 bits per heavy atom. The molecule has 23 heavy (non-hydrogen) atoms. The Kier molecular flexibility index (Phi) is 5.34. The molecule has 5 nitrogen and oxygen atoms in total. The van der Waals surface area contributed by atoms with Crippen LogP contribution < -0.4 is 4.90 Å². The van der Waals surface area contributed by atoms with Gasteiger partial charge < -0.3 is 14.5 Å². The van der Waals surface area contributed by atoms with Gasteiger partial charge in [0.1, 0.15) is 10.6 Å². The summed E-state index contributed by atoms with van der Waals surface area (Å²) in [4.78, 5) is 19.7. The quantitative estimate of drug-likeness (QED) is 0.821. The summed E-state index contributed by atoms with van der Waals surface area (Å²) in [6, 6.07) is -0.0158. The second-order valence-electron chi connectivity index (χ2n) is 6.79. The summed E-state index contributed by atoms with van der Waals surface area (Å²) in [6.45, 7) is 6.84. The Morgan fingerprint density at radius 2 is 2.17 bits per heavy atom. The lowest BCUT2D eigenvalue weighted by Gasteiger charge is -2.39. The van der Waals surface area contributed by atoms with Gasteiger partial charge >= 0.3 is 6.09 Å². The van der Waals surface area contributed by atoms with Crippen molar-refractivity contribution in [3.63, 3.8) is 0 Å². The number of halogens is 2. The van der Waals surface area contributed by atoms with E-state index in [1.807, 2.05) is 25.7 Å². The Labute approximate surface area is 141 Å². The number of rotatable bonds is 2. The number of anilines is 1. The number of aromatic nitrogens is 1.